The summed E-state index contributed by atoms with van der Waals surface area (Å²) < 4.78 is 7.61. The third kappa shape index (κ3) is 2.94. The highest BCUT2D eigenvalue weighted by molar-refractivity contribution is 6.35. The van der Waals surface area contributed by atoms with Crippen LogP contribution >= 0.6 is 11.6 Å². The number of halogens is 1. The lowest BCUT2D eigenvalue weighted by molar-refractivity contribution is 0.112. The summed E-state index contributed by atoms with van der Waals surface area (Å²) in [6.07, 6.45) is 2.77. The summed E-state index contributed by atoms with van der Waals surface area (Å²) in [5.74, 6) is 0.869. The van der Waals surface area contributed by atoms with E-state index in [-0.39, 0.29) is 0 Å². The summed E-state index contributed by atoms with van der Waals surface area (Å²) in [5.41, 5.74) is 4.08. The fraction of sp³-hybridized carbons (Fsp3) is 0.190. The Kier molecular flexibility index (Phi) is 4.32. The van der Waals surface area contributed by atoms with Gasteiger partial charge in [0.15, 0.2) is 0 Å². The van der Waals surface area contributed by atoms with Crippen LogP contribution in [0.3, 0.4) is 0 Å². The molecule has 136 valence electrons. The Bertz CT molecular complexity index is 1160. The second-order valence-corrected chi connectivity index (χ2v) is 7.18. The average molecular weight is 380 g/mol. The molecular formula is C21H18ClN3O2. The van der Waals surface area contributed by atoms with Gasteiger partial charge in [0.2, 0.25) is 5.82 Å². The van der Waals surface area contributed by atoms with Crippen molar-refractivity contribution in [2.75, 3.05) is 0 Å². The van der Waals surface area contributed by atoms with E-state index < -0.39 is 0 Å². The molecule has 0 amide bonds. The van der Waals surface area contributed by atoms with E-state index in [1.807, 2.05) is 43.5 Å². The molecule has 0 aliphatic heterocycles. The zero-order valence-corrected chi connectivity index (χ0v) is 16.0. The molecule has 2 aromatic heterocycles. The van der Waals surface area contributed by atoms with Gasteiger partial charge in [-0.05, 0) is 44.5 Å². The zero-order chi connectivity index (χ0) is 19.1. The van der Waals surface area contributed by atoms with Crippen LogP contribution in [0, 0.1) is 6.92 Å². The number of aldehydes is 1. The van der Waals surface area contributed by atoms with E-state index in [1.165, 1.54) is 0 Å². The Labute approximate surface area is 161 Å². The van der Waals surface area contributed by atoms with Crippen LogP contribution in [0.1, 0.15) is 35.8 Å². The van der Waals surface area contributed by atoms with Crippen LogP contribution in [-0.4, -0.2) is 21.0 Å². The molecule has 6 heteroatoms. The SMILES string of the molecule is Cc1c(C=O)cccc1-c1noc(-c2ccc3c(c2)c(Cl)cn3C(C)C)n1. The number of nitrogens with zero attached hydrogens (tertiary/aromatic N) is 3. The largest absolute Gasteiger partial charge is 0.343 e. The normalized spacial score (nSPS) is 11.4. The van der Waals surface area contributed by atoms with Crippen molar-refractivity contribution < 1.29 is 9.32 Å². The molecule has 0 N–H and O–H groups in total. The van der Waals surface area contributed by atoms with Crippen molar-refractivity contribution in [2.45, 2.75) is 26.8 Å². The summed E-state index contributed by atoms with van der Waals surface area (Å²) in [5, 5.41) is 5.73. The first kappa shape index (κ1) is 17.5. The third-order valence-corrected chi connectivity index (χ3v) is 5.06. The topological polar surface area (TPSA) is 60.9 Å². The summed E-state index contributed by atoms with van der Waals surface area (Å²) >= 11 is 6.42. The van der Waals surface area contributed by atoms with Crippen LogP contribution in [0.4, 0.5) is 0 Å². The van der Waals surface area contributed by atoms with Crippen molar-refractivity contribution in [3.8, 4) is 22.8 Å². The molecule has 2 heterocycles. The van der Waals surface area contributed by atoms with Gasteiger partial charge in [-0.2, -0.15) is 4.98 Å². The highest BCUT2D eigenvalue weighted by atomic mass is 35.5. The van der Waals surface area contributed by atoms with E-state index >= 15 is 0 Å². The van der Waals surface area contributed by atoms with Crippen LogP contribution in [0.2, 0.25) is 5.02 Å². The Balaban J connectivity index is 1.78. The Morgan fingerprint density at radius 2 is 2.04 bits per heavy atom. The number of carbonyl (C=O) groups is 1. The van der Waals surface area contributed by atoms with E-state index in [4.69, 9.17) is 16.1 Å². The quantitative estimate of drug-likeness (QED) is 0.426. The summed E-state index contributed by atoms with van der Waals surface area (Å²) in [6, 6.07) is 11.7. The van der Waals surface area contributed by atoms with Gasteiger partial charge in [0.05, 0.1) is 5.02 Å². The predicted octanol–water partition coefficient (Wildman–Crippen LogP) is 5.71. The number of fused-ring (bicyclic) bond motifs is 1. The molecule has 0 unspecified atom stereocenters. The molecular weight excluding hydrogens is 362 g/mol. The molecule has 4 rings (SSSR count). The number of hydrogen-bond acceptors (Lipinski definition) is 4. The molecule has 0 saturated heterocycles. The maximum Gasteiger partial charge on any atom is 0.258 e. The van der Waals surface area contributed by atoms with E-state index in [2.05, 4.69) is 28.6 Å². The maximum absolute atomic E-state index is 11.2. The Hall–Kier alpha value is -2.92. The standard InChI is InChI=1S/C21H18ClN3O2/c1-12(2)25-10-18(22)17-9-14(7-8-19(17)25)21-23-20(24-27-21)16-6-4-5-15(11-26)13(16)3/h4-12H,1-3H3. The fourth-order valence-corrected chi connectivity index (χ4v) is 3.50. The van der Waals surface area contributed by atoms with Gasteiger partial charge < -0.3 is 9.09 Å². The number of benzene rings is 2. The molecule has 0 fully saturated rings. The monoisotopic (exact) mass is 379 g/mol. The van der Waals surface area contributed by atoms with E-state index in [9.17, 15) is 4.79 Å². The van der Waals surface area contributed by atoms with Crippen molar-refractivity contribution in [1.29, 1.82) is 0 Å². The van der Waals surface area contributed by atoms with Gasteiger partial charge in [-0.3, -0.25) is 4.79 Å². The maximum atomic E-state index is 11.2. The molecule has 4 aromatic rings. The fourth-order valence-electron chi connectivity index (χ4n) is 3.25. The van der Waals surface area contributed by atoms with Crippen molar-refractivity contribution in [2.24, 2.45) is 0 Å². The van der Waals surface area contributed by atoms with Gasteiger partial charge in [-0.15, -0.1) is 0 Å². The molecule has 27 heavy (non-hydrogen) atoms. The lowest BCUT2D eigenvalue weighted by atomic mass is 10.0. The number of aromatic nitrogens is 3. The van der Waals surface area contributed by atoms with Gasteiger partial charge >= 0.3 is 0 Å². The van der Waals surface area contributed by atoms with Crippen molar-refractivity contribution in [3.63, 3.8) is 0 Å². The first-order valence-corrected chi connectivity index (χ1v) is 9.06. The van der Waals surface area contributed by atoms with Crippen molar-refractivity contribution in [1.82, 2.24) is 14.7 Å². The molecule has 0 radical (unpaired) electrons. The van der Waals surface area contributed by atoms with Gasteiger partial charge in [0.1, 0.15) is 6.29 Å². The van der Waals surface area contributed by atoms with Crippen LogP contribution < -0.4 is 0 Å². The third-order valence-electron chi connectivity index (χ3n) is 4.76. The van der Waals surface area contributed by atoms with Gasteiger partial charge in [-0.25, -0.2) is 0 Å². The summed E-state index contributed by atoms with van der Waals surface area (Å²) in [7, 11) is 0. The number of hydrogen-bond donors (Lipinski definition) is 0. The molecule has 0 aliphatic carbocycles. The lowest BCUT2D eigenvalue weighted by Crippen LogP contribution is -1.97. The minimum absolute atomic E-state index is 0.314. The second kappa shape index (κ2) is 6.67. The van der Waals surface area contributed by atoms with E-state index in [0.29, 0.717) is 28.3 Å². The smallest absolute Gasteiger partial charge is 0.258 e. The van der Waals surface area contributed by atoms with Crippen LogP contribution in [0.25, 0.3) is 33.7 Å². The first-order valence-electron chi connectivity index (χ1n) is 8.69. The Morgan fingerprint density at radius 3 is 2.78 bits per heavy atom. The molecule has 0 bridgehead atoms. The van der Waals surface area contributed by atoms with Gasteiger partial charge in [0, 0.05) is 39.8 Å². The number of rotatable bonds is 4. The summed E-state index contributed by atoms with van der Waals surface area (Å²) in [4.78, 5) is 15.7. The average Bonchev–Trinajstić information content (AvgIpc) is 3.27. The molecule has 0 saturated carbocycles. The van der Waals surface area contributed by atoms with Crippen LogP contribution in [0.15, 0.2) is 47.1 Å². The van der Waals surface area contributed by atoms with Crippen molar-refractivity contribution in [3.05, 3.63) is 58.7 Å². The van der Waals surface area contributed by atoms with Gasteiger partial charge in [-0.1, -0.05) is 35.0 Å². The molecule has 0 spiro atoms. The number of carbonyl (C=O) groups excluding carboxylic acids is 1. The van der Waals surface area contributed by atoms with Crippen LogP contribution in [0.5, 0.6) is 0 Å². The Morgan fingerprint density at radius 1 is 1.22 bits per heavy atom. The second-order valence-electron chi connectivity index (χ2n) is 6.77. The highest BCUT2D eigenvalue weighted by Gasteiger charge is 2.16. The minimum atomic E-state index is 0.314. The first-order chi connectivity index (χ1) is 13.0. The predicted molar refractivity (Wildman–Crippen MR) is 106 cm³/mol. The van der Waals surface area contributed by atoms with E-state index in [1.54, 1.807) is 6.07 Å². The minimum Gasteiger partial charge on any atom is -0.343 e. The molecule has 0 atom stereocenters. The summed E-state index contributed by atoms with van der Waals surface area (Å²) in [6.45, 7) is 6.10. The molecule has 5 nitrogen and oxygen atoms in total. The molecule has 0 aliphatic rings. The zero-order valence-electron chi connectivity index (χ0n) is 15.2. The molecule has 2 aromatic carbocycles. The van der Waals surface area contributed by atoms with Crippen LogP contribution in [-0.2, 0) is 0 Å². The van der Waals surface area contributed by atoms with Crippen molar-refractivity contribution >= 4 is 28.8 Å². The highest BCUT2D eigenvalue weighted by Crippen LogP contribution is 2.33. The lowest BCUT2D eigenvalue weighted by Gasteiger charge is -2.08. The van der Waals surface area contributed by atoms with Gasteiger partial charge in [0.25, 0.3) is 5.89 Å². The van der Waals surface area contributed by atoms with E-state index in [0.717, 1.165) is 33.9 Å².